The third-order valence-electron chi connectivity index (χ3n) is 3.15. The summed E-state index contributed by atoms with van der Waals surface area (Å²) in [5.41, 5.74) is 5.53. The topological polar surface area (TPSA) is 46.0 Å². The average molecular weight is 250 g/mol. The molecular weight excluding hydrogens is 236 g/mol. The van der Waals surface area contributed by atoms with Gasteiger partial charge in [0.15, 0.2) is 0 Å². The number of benzene rings is 2. The minimum Gasteiger partial charge on any atom is -0.392 e. The van der Waals surface area contributed by atoms with Gasteiger partial charge in [0.05, 0.1) is 29.0 Å². The fourth-order valence-corrected chi connectivity index (χ4v) is 2.13. The number of hydrogen-bond acceptors (Lipinski definition) is 3. The van der Waals surface area contributed by atoms with Crippen molar-refractivity contribution in [3.05, 3.63) is 59.8 Å². The molecule has 0 amide bonds. The molecule has 0 saturated heterocycles. The lowest BCUT2D eigenvalue weighted by Gasteiger charge is -2.07. The molecule has 3 rings (SSSR count). The number of fused-ring (bicyclic) bond motifs is 1. The molecule has 0 radical (unpaired) electrons. The summed E-state index contributed by atoms with van der Waals surface area (Å²) in [6, 6.07) is 15.6. The van der Waals surface area contributed by atoms with Crippen LogP contribution < -0.4 is 0 Å². The monoisotopic (exact) mass is 250 g/mol. The lowest BCUT2D eigenvalue weighted by Crippen LogP contribution is -1.94. The summed E-state index contributed by atoms with van der Waals surface area (Å²) in [4.78, 5) is 9.26. The van der Waals surface area contributed by atoms with Crippen molar-refractivity contribution < 1.29 is 5.11 Å². The molecule has 0 atom stereocenters. The Morgan fingerprint density at radius 1 is 0.895 bits per heavy atom. The second-order valence-electron chi connectivity index (χ2n) is 4.50. The Hall–Kier alpha value is -2.26. The van der Waals surface area contributed by atoms with Crippen LogP contribution in [0.4, 0.5) is 0 Å². The van der Waals surface area contributed by atoms with E-state index in [0.717, 1.165) is 33.5 Å². The van der Waals surface area contributed by atoms with E-state index in [9.17, 15) is 0 Å². The van der Waals surface area contributed by atoms with Crippen LogP contribution in [-0.4, -0.2) is 15.1 Å². The van der Waals surface area contributed by atoms with Crippen molar-refractivity contribution in [2.45, 2.75) is 13.5 Å². The Bertz CT molecular complexity index is 720. The van der Waals surface area contributed by atoms with E-state index in [1.807, 2.05) is 55.5 Å². The molecule has 0 unspecified atom stereocenters. The van der Waals surface area contributed by atoms with Gasteiger partial charge in [-0.1, -0.05) is 36.4 Å². The summed E-state index contributed by atoms with van der Waals surface area (Å²) in [5, 5.41) is 9.07. The van der Waals surface area contributed by atoms with E-state index in [4.69, 9.17) is 5.11 Å². The lowest BCUT2D eigenvalue weighted by atomic mass is 10.1. The number of rotatable bonds is 2. The zero-order chi connectivity index (χ0) is 13.2. The summed E-state index contributed by atoms with van der Waals surface area (Å²) < 4.78 is 0. The molecule has 3 heteroatoms. The van der Waals surface area contributed by atoms with Gasteiger partial charge in [-0.05, 0) is 24.6 Å². The summed E-state index contributed by atoms with van der Waals surface area (Å²) in [6.07, 6.45) is 0. The van der Waals surface area contributed by atoms with Crippen LogP contribution in [0.2, 0.25) is 0 Å². The van der Waals surface area contributed by atoms with Crippen LogP contribution in [0.5, 0.6) is 0 Å². The minimum absolute atomic E-state index is 0.0582. The van der Waals surface area contributed by atoms with E-state index in [1.165, 1.54) is 0 Å². The summed E-state index contributed by atoms with van der Waals surface area (Å²) in [7, 11) is 0. The Morgan fingerprint density at radius 2 is 1.53 bits per heavy atom. The van der Waals surface area contributed by atoms with Gasteiger partial charge in [0.25, 0.3) is 0 Å². The van der Waals surface area contributed by atoms with Gasteiger partial charge >= 0.3 is 0 Å². The van der Waals surface area contributed by atoms with Gasteiger partial charge in [-0.25, -0.2) is 9.97 Å². The minimum atomic E-state index is 0.0582. The van der Waals surface area contributed by atoms with Crippen LogP contribution in [0.1, 0.15) is 11.3 Å². The molecule has 1 aromatic heterocycles. The highest BCUT2D eigenvalue weighted by Crippen LogP contribution is 2.23. The molecule has 3 aromatic rings. The Labute approximate surface area is 111 Å². The molecule has 0 aliphatic rings. The summed E-state index contributed by atoms with van der Waals surface area (Å²) >= 11 is 0. The molecule has 94 valence electrons. The Balaban J connectivity index is 2.15. The SMILES string of the molecule is Cc1nc2ccccc2nc1-c1ccc(CO)cc1. The van der Waals surface area contributed by atoms with E-state index >= 15 is 0 Å². The Morgan fingerprint density at radius 3 is 2.16 bits per heavy atom. The van der Waals surface area contributed by atoms with Crippen molar-refractivity contribution in [3.8, 4) is 11.3 Å². The average Bonchev–Trinajstić information content (AvgIpc) is 2.47. The number of nitrogens with zero attached hydrogens (tertiary/aromatic N) is 2. The number of para-hydroxylation sites is 2. The standard InChI is InChI=1S/C16H14N2O/c1-11-16(13-8-6-12(10-19)7-9-13)18-15-5-3-2-4-14(15)17-11/h2-9,19H,10H2,1H3. The molecule has 1 heterocycles. The first kappa shape index (κ1) is 11.8. The first-order valence-corrected chi connectivity index (χ1v) is 6.21. The van der Waals surface area contributed by atoms with Crippen LogP contribution in [0.3, 0.4) is 0 Å². The van der Waals surface area contributed by atoms with Gasteiger partial charge in [-0.3, -0.25) is 0 Å². The van der Waals surface area contributed by atoms with Crippen LogP contribution in [0.15, 0.2) is 48.5 Å². The van der Waals surface area contributed by atoms with Gasteiger partial charge in [-0.2, -0.15) is 0 Å². The zero-order valence-corrected chi connectivity index (χ0v) is 10.7. The lowest BCUT2D eigenvalue weighted by molar-refractivity contribution is 0.282. The van der Waals surface area contributed by atoms with Crippen molar-refractivity contribution in [2.24, 2.45) is 0 Å². The summed E-state index contributed by atoms with van der Waals surface area (Å²) in [5.74, 6) is 0. The molecule has 1 N–H and O–H groups in total. The predicted octanol–water partition coefficient (Wildman–Crippen LogP) is 3.10. The first-order valence-electron chi connectivity index (χ1n) is 6.21. The number of aliphatic hydroxyl groups is 1. The molecule has 19 heavy (non-hydrogen) atoms. The number of aryl methyl sites for hydroxylation is 1. The van der Waals surface area contributed by atoms with Crippen LogP contribution in [-0.2, 0) is 6.61 Å². The van der Waals surface area contributed by atoms with Crippen molar-refractivity contribution in [2.75, 3.05) is 0 Å². The molecular formula is C16H14N2O. The number of aromatic nitrogens is 2. The van der Waals surface area contributed by atoms with Crippen LogP contribution in [0.25, 0.3) is 22.3 Å². The maximum atomic E-state index is 9.07. The summed E-state index contributed by atoms with van der Waals surface area (Å²) in [6.45, 7) is 2.03. The molecule has 3 nitrogen and oxygen atoms in total. The third kappa shape index (κ3) is 2.20. The van der Waals surface area contributed by atoms with Gasteiger partial charge in [0.1, 0.15) is 0 Å². The van der Waals surface area contributed by atoms with Crippen molar-refractivity contribution in [1.82, 2.24) is 9.97 Å². The van der Waals surface area contributed by atoms with Crippen LogP contribution in [0, 0.1) is 6.92 Å². The quantitative estimate of drug-likeness (QED) is 0.760. The highest BCUT2D eigenvalue weighted by Gasteiger charge is 2.07. The highest BCUT2D eigenvalue weighted by molar-refractivity contribution is 5.78. The molecule has 2 aromatic carbocycles. The molecule has 0 spiro atoms. The fraction of sp³-hybridized carbons (Fsp3) is 0.125. The predicted molar refractivity (Wildman–Crippen MR) is 75.6 cm³/mol. The van der Waals surface area contributed by atoms with E-state index in [-0.39, 0.29) is 6.61 Å². The van der Waals surface area contributed by atoms with Gasteiger partial charge in [-0.15, -0.1) is 0 Å². The van der Waals surface area contributed by atoms with Crippen LogP contribution >= 0.6 is 0 Å². The third-order valence-corrected chi connectivity index (χ3v) is 3.15. The van der Waals surface area contributed by atoms with Crippen molar-refractivity contribution in [3.63, 3.8) is 0 Å². The largest absolute Gasteiger partial charge is 0.392 e. The van der Waals surface area contributed by atoms with Crippen molar-refractivity contribution >= 4 is 11.0 Å². The molecule has 0 fully saturated rings. The van der Waals surface area contributed by atoms with E-state index in [2.05, 4.69) is 9.97 Å². The maximum absolute atomic E-state index is 9.07. The first-order chi connectivity index (χ1) is 9.28. The van der Waals surface area contributed by atoms with E-state index < -0.39 is 0 Å². The van der Waals surface area contributed by atoms with Crippen molar-refractivity contribution in [1.29, 1.82) is 0 Å². The highest BCUT2D eigenvalue weighted by atomic mass is 16.3. The van der Waals surface area contributed by atoms with Gasteiger partial charge in [0, 0.05) is 5.56 Å². The number of hydrogen-bond donors (Lipinski definition) is 1. The molecule has 0 aliphatic carbocycles. The zero-order valence-electron chi connectivity index (χ0n) is 10.7. The molecule has 0 bridgehead atoms. The number of aliphatic hydroxyl groups excluding tert-OH is 1. The Kier molecular flexibility index (Phi) is 2.97. The fourth-order valence-electron chi connectivity index (χ4n) is 2.13. The molecule has 0 saturated carbocycles. The van der Waals surface area contributed by atoms with Gasteiger partial charge < -0.3 is 5.11 Å². The van der Waals surface area contributed by atoms with Gasteiger partial charge in [0.2, 0.25) is 0 Å². The normalized spacial score (nSPS) is 10.8. The molecule has 0 aliphatic heterocycles. The maximum Gasteiger partial charge on any atom is 0.0922 e. The smallest absolute Gasteiger partial charge is 0.0922 e. The van der Waals surface area contributed by atoms with E-state index in [1.54, 1.807) is 0 Å². The second-order valence-corrected chi connectivity index (χ2v) is 4.50. The van der Waals surface area contributed by atoms with E-state index in [0.29, 0.717) is 0 Å². The second kappa shape index (κ2) is 4.78.